The molecule has 0 aliphatic heterocycles. The van der Waals surface area contributed by atoms with E-state index in [2.05, 4.69) is 15.2 Å². The Morgan fingerprint density at radius 1 is 1.33 bits per heavy atom. The third-order valence-corrected chi connectivity index (χ3v) is 2.62. The molecule has 90 valence electrons. The Morgan fingerprint density at radius 3 is 3.06 bits per heavy atom. The van der Waals surface area contributed by atoms with E-state index in [0.29, 0.717) is 23.0 Å². The van der Waals surface area contributed by atoms with Crippen molar-refractivity contribution in [2.75, 3.05) is 5.73 Å². The highest BCUT2D eigenvalue weighted by atomic mass is 16.5. The highest BCUT2D eigenvalue weighted by molar-refractivity contribution is 5.59. The second kappa shape index (κ2) is 3.99. The molecule has 3 aromatic rings. The molecule has 2 heterocycles. The van der Waals surface area contributed by atoms with E-state index in [9.17, 15) is 0 Å². The summed E-state index contributed by atoms with van der Waals surface area (Å²) < 4.78 is 7.49. The number of hydrogen-bond donors (Lipinski definition) is 1. The Labute approximate surface area is 103 Å². The lowest BCUT2D eigenvalue weighted by Crippen LogP contribution is -1.98. The molecule has 0 amide bonds. The number of nitrogens with two attached hydrogens (primary N) is 1. The maximum Gasteiger partial charge on any atom is 0.265 e. The van der Waals surface area contributed by atoms with Crippen LogP contribution in [0, 0.1) is 6.92 Å². The van der Waals surface area contributed by atoms with Gasteiger partial charge in [0, 0.05) is 12.4 Å². The van der Waals surface area contributed by atoms with Gasteiger partial charge in [-0.15, -0.1) is 10.2 Å². The third-order valence-electron chi connectivity index (χ3n) is 2.62. The predicted molar refractivity (Wildman–Crippen MR) is 66.4 cm³/mol. The number of rotatable bonds is 2. The minimum atomic E-state index is 0.385. The number of ether oxygens (including phenoxy) is 1. The normalized spacial score (nSPS) is 10.7. The van der Waals surface area contributed by atoms with Gasteiger partial charge < -0.3 is 10.5 Å². The molecule has 0 aliphatic carbocycles. The lowest BCUT2D eigenvalue weighted by atomic mass is 10.2. The second-order valence-electron chi connectivity index (χ2n) is 3.89. The lowest BCUT2D eigenvalue weighted by Gasteiger charge is -2.10. The van der Waals surface area contributed by atoms with Crippen LogP contribution in [0.2, 0.25) is 0 Å². The van der Waals surface area contributed by atoms with Gasteiger partial charge in [-0.2, -0.15) is 0 Å². The number of fused-ring (bicyclic) bond motifs is 1. The van der Waals surface area contributed by atoms with Crippen LogP contribution in [0.4, 0.5) is 5.69 Å². The van der Waals surface area contributed by atoms with Gasteiger partial charge in [-0.25, -0.2) is 4.98 Å². The summed E-state index contributed by atoms with van der Waals surface area (Å²) >= 11 is 0. The number of aryl methyl sites for hydroxylation is 1. The number of nitrogens with zero attached hydrogens (tertiary/aromatic N) is 4. The summed E-state index contributed by atoms with van der Waals surface area (Å²) in [5, 5.41) is 7.77. The summed E-state index contributed by atoms with van der Waals surface area (Å²) in [7, 11) is 0. The molecule has 0 saturated carbocycles. The molecule has 2 aromatic heterocycles. The predicted octanol–water partition coefficient (Wildman–Crippen LogP) is 1.81. The standard InChI is InChI=1S/C12H11N5O/c1-8-3-2-4-9(13)10(8)18-12-11-16-15-7-17(11)6-5-14-12/h2-7H,13H2,1H3. The van der Waals surface area contributed by atoms with Gasteiger partial charge in [-0.05, 0) is 18.6 Å². The maximum atomic E-state index is 5.89. The fraction of sp³-hybridized carbons (Fsp3) is 0.0833. The van der Waals surface area contributed by atoms with E-state index in [4.69, 9.17) is 10.5 Å². The topological polar surface area (TPSA) is 78.3 Å². The summed E-state index contributed by atoms with van der Waals surface area (Å²) in [5.41, 5.74) is 7.96. The van der Waals surface area contributed by atoms with Gasteiger partial charge in [-0.1, -0.05) is 12.1 Å². The molecule has 0 fully saturated rings. The number of hydrogen-bond acceptors (Lipinski definition) is 5. The number of nitrogen functional groups attached to an aromatic ring is 1. The molecule has 0 aliphatic rings. The van der Waals surface area contributed by atoms with E-state index in [-0.39, 0.29) is 0 Å². The van der Waals surface area contributed by atoms with E-state index < -0.39 is 0 Å². The van der Waals surface area contributed by atoms with Gasteiger partial charge in [0.05, 0.1) is 5.69 Å². The van der Waals surface area contributed by atoms with Crippen LogP contribution < -0.4 is 10.5 Å². The SMILES string of the molecule is Cc1cccc(N)c1Oc1nccn2cnnc12. The van der Waals surface area contributed by atoms with E-state index >= 15 is 0 Å². The molecular weight excluding hydrogens is 230 g/mol. The number of benzene rings is 1. The first kappa shape index (κ1) is 10.5. The first-order chi connectivity index (χ1) is 8.75. The van der Waals surface area contributed by atoms with Crippen molar-refractivity contribution >= 4 is 11.3 Å². The Kier molecular flexibility index (Phi) is 2.33. The first-order valence-electron chi connectivity index (χ1n) is 5.43. The molecule has 1 aromatic carbocycles. The van der Waals surface area contributed by atoms with Crippen LogP contribution in [-0.2, 0) is 0 Å². The van der Waals surface area contributed by atoms with Gasteiger partial charge in [0.1, 0.15) is 6.33 Å². The van der Waals surface area contributed by atoms with E-state index in [1.807, 2.05) is 19.1 Å². The molecule has 18 heavy (non-hydrogen) atoms. The quantitative estimate of drug-likeness (QED) is 0.692. The van der Waals surface area contributed by atoms with Crippen LogP contribution in [0.1, 0.15) is 5.56 Å². The molecule has 0 spiro atoms. The molecule has 6 heteroatoms. The zero-order valence-electron chi connectivity index (χ0n) is 9.74. The van der Waals surface area contributed by atoms with Crippen molar-refractivity contribution in [2.24, 2.45) is 0 Å². The van der Waals surface area contributed by atoms with Crippen molar-refractivity contribution in [3.63, 3.8) is 0 Å². The van der Waals surface area contributed by atoms with Crippen molar-refractivity contribution in [1.29, 1.82) is 0 Å². The average Bonchev–Trinajstić information content (AvgIpc) is 2.83. The Bertz CT molecular complexity index is 686. The third kappa shape index (κ3) is 1.64. The van der Waals surface area contributed by atoms with Crippen LogP contribution >= 0.6 is 0 Å². The fourth-order valence-corrected chi connectivity index (χ4v) is 1.72. The Hall–Kier alpha value is -2.63. The van der Waals surface area contributed by atoms with Crippen LogP contribution in [0.5, 0.6) is 11.6 Å². The number of para-hydroxylation sites is 1. The first-order valence-corrected chi connectivity index (χ1v) is 5.43. The molecule has 0 radical (unpaired) electrons. The molecular formula is C12H11N5O. The monoisotopic (exact) mass is 241 g/mol. The smallest absolute Gasteiger partial charge is 0.265 e. The largest absolute Gasteiger partial charge is 0.433 e. The molecule has 0 saturated heterocycles. The molecule has 0 atom stereocenters. The van der Waals surface area contributed by atoms with Crippen molar-refractivity contribution < 1.29 is 4.74 Å². The van der Waals surface area contributed by atoms with Crippen molar-refractivity contribution in [1.82, 2.24) is 19.6 Å². The Morgan fingerprint density at radius 2 is 2.22 bits per heavy atom. The van der Waals surface area contributed by atoms with E-state index in [1.54, 1.807) is 29.2 Å². The van der Waals surface area contributed by atoms with Gasteiger partial charge in [0.25, 0.3) is 5.88 Å². The second-order valence-corrected chi connectivity index (χ2v) is 3.89. The van der Waals surface area contributed by atoms with Gasteiger partial charge in [0.2, 0.25) is 5.65 Å². The summed E-state index contributed by atoms with van der Waals surface area (Å²) in [5.74, 6) is 0.983. The van der Waals surface area contributed by atoms with Gasteiger partial charge >= 0.3 is 0 Å². The minimum absolute atomic E-state index is 0.385. The van der Waals surface area contributed by atoms with Crippen molar-refractivity contribution in [3.8, 4) is 11.6 Å². The molecule has 0 bridgehead atoms. The lowest BCUT2D eigenvalue weighted by molar-refractivity contribution is 0.463. The summed E-state index contributed by atoms with van der Waals surface area (Å²) in [6.45, 7) is 1.93. The summed E-state index contributed by atoms with van der Waals surface area (Å²) in [6.07, 6.45) is 4.97. The number of anilines is 1. The molecule has 3 rings (SSSR count). The number of aromatic nitrogens is 4. The fourth-order valence-electron chi connectivity index (χ4n) is 1.72. The van der Waals surface area contributed by atoms with Crippen LogP contribution in [0.15, 0.2) is 36.9 Å². The Balaban J connectivity index is 2.09. The summed E-state index contributed by atoms with van der Waals surface area (Å²) in [6, 6.07) is 5.59. The molecule has 2 N–H and O–H groups in total. The van der Waals surface area contributed by atoms with Crippen LogP contribution in [0.3, 0.4) is 0 Å². The maximum absolute atomic E-state index is 5.89. The minimum Gasteiger partial charge on any atom is -0.433 e. The van der Waals surface area contributed by atoms with Crippen molar-refractivity contribution in [2.45, 2.75) is 6.92 Å². The molecule has 6 nitrogen and oxygen atoms in total. The average molecular weight is 241 g/mol. The highest BCUT2D eigenvalue weighted by Gasteiger charge is 2.11. The van der Waals surface area contributed by atoms with E-state index in [1.165, 1.54) is 0 Å². The van der Waals surface area contributed by atoms with Gasteiger partial charge in [0.15, 0.2) is 5.75 Å². The summed E-state index contributed by atoms with van der Waals surface area (Å²) in [4.78, 5) is 4.16. The van der Waals surface area contributed by atoms with Gasteiger partial charge in [-0.3, -0.25) is 4.40 Å². The van der Waals surface area contributed by atoms with Crippen LogP contribution in [-0.4, -0.2) is 19.6 Å². The zero-order chi connectivity index (χ0) is 12.5. The van der Waals surface area contributed by atoms with Crippen LogP contribution in [0.25, 0.3) is 5.65 Å². The highest BCUT2D eigenvalue weighted by Crippen LogP contribution is 2.30. The molecule has 0 unspecified atom stereocenters. The zero-order valence-corrected chi connectivity index (χ0v) is 9.74. The van der Waals surface area contributed by atoms with Crippen molar-refractivity contribution in [3.05, 3.63) is 42.5 Å². The van der Waals surface area contributed by atoms with E-state index in [0.717, 1.165) is 5.56 Å².